The molecule has 0 aliphatic carbocycles. The standard InChI is InChI=1S/C18H25N5O2/c1-21-18(24)17(6-7-20-21)23-12-10-22(11-13-23)9-8-19-15-4-3-5-16(14-15)25-2/h3-7,14,19H,8-13H2,1-2H3. The maximum atomic E-state index is 12.2. The van der Waals surface area contributed by atoms with Gasteiger partial charge in [0.1, 0.15) is 11.4 Å². The van der Waals surface area contributed by atoms with Crippen molar-refractivity contribution in [2.45, 2.75) is 0 Å². The van der Waals surface area contributed by atoms with Gasteiger partial charge in [-0.15, -0.1) is 0 Å². The van der Waals surface area contributed by atoms with E-state index in [4.69, 9.17) is 4.74 Å². The van der Waals surface area contributed by atoms with Crippen LogP contribution in [0.15, 0.2) is 41.3 Å². The largest absolute Gasteiger partial charge is 0.497 e. The van der Waals surface area contributed by atoms with Crippen molar-refractivity contribution in [2.24, 2.45) is 7.05 Å². The Balaban J connectivity index is 1.46. The zero-order valence-corrected chi connectivity index (χ0v) is 14.8. The third-order valence-electron chi connectivity index (χ3n) is 4.53. The van der Waals surface area contributed by atoms with Gasteiger partial charge in [-0.2, -0.15) is 5.10 Å². The van der Waals surface area contributed by atoms with E-state index in [1.54, 1.807) is 20.4 Å². The first kappa shape index (κ1) is 17.3. The molecule has 2 heterocycles. The summed E-state index contributed by atoms with van der Waals surface area (Å²) in [6.45, 7) is 5.47. The first-order chi connectivity index (χ1) is 12.2. The Labute approximate surface area is 147 Å². The van der Waals surface area contributed by atoms with Gasteiger partial charge in [0.05, 0.1) is 7.11 Å². The minimum Gasteiger partial charge on any atom is -0.497 e. The van der Waals surface area contributed by atoms with Crippen molar-refractivity contribution in [2.75, 3.05) is 56.6 Å². The Kier molecular flexibility index (Phi) is 5.55. The van der Waals surface area contributed by atoms with Crippen LogP contribution in [-0.4, -0.2) is 61.1 Å². The minimum atomic E-state index is -0.0318. The van der Waals surface area contributed by atoms with Gasteiger partial charge in [-0.05, 0) is 18.2 Å². The third-order valence-corrected chi connectivity index (χ3v) is 4.53. The number of nitrogens with one attached hydrogen (secondary N) is 1. The number of piperazine rings is 1. The van der Waals surface area contributed by atoms with Crippen molar-refractivity contribution in [1.29, 1.82) is 0 Å². The predicted molar refractivity (Wildman–Crippen MR) is 99.6 cm³/mol. The molecular formula is C18H25N5O2. The van der Waals surface area contributed by atoms with E-state index in [1.165, 1.54) is 4.68 Å². The molecule has 0 saturated carbocycles. The van der Waals surface area contributed by atoms with E-state index in [-0.39, 0.29) is 5.56 Å². The van der Waals surface area contributed by atoms with Crippen LogP contribution >= 0.6 is 0 Å². The zero-order chi connectivity index (χ0) is 17.6. The van der Waals surface area contributed by atoms with Gasteiger partial charge in [0.25, 0.3) is 5.56 Å². The zero-order valence-electron chi connectivity index (χ0n) is 14.8. The molecule has 7 nitrogen and oxygen atoms in total. The van der Waals surface area contributed by atoms with E-state index < -0.39 is 0 Å². The first-order valence-corrected chi connectivity index (χ1v) is 8.55. The van der Waals surface area contributed by atoms with Crippen molar-refractivity contribution in [1.82, 2.24) is 14.7 Å². The van der Waals surface area contributed by atoms with Crippen molar-refractivity contribution in [3.8, 4) is 5.75 Å². The molecule has 1 N–H and O–H groups in total. The first-order valence-electron chi connectivity index (χ1n) is 8.55. The molecule has 2 aromatic rings. The number of benzene rings is 1. The Morgan fingerprint density at radius 3 is 2.76 bits per heavy atom. The normalized spacial score (nSPS) is 15.2. The molecule has 134 valence electrons. The third kappa shape index (κ3) is 4.30. The average Bonchev–Trinajstić information content (AvgIpc) is 2.65. The number of aromatic nitrogens is 2. The summed E-state index contributed by atoms with van der Waals surface area (Å²) in [5.74, 6) is 0.859. The fourth-order valence-corrected chi connectivity index (χ4v) is 3.04. The molecule has 0 unspecified atom stereocenters. The fraction of sp³-hybridized carbons (Fsp3) is 0.444. The maximum Gasteiger partial charge on any atom is 0.290 e. The summed E-state index contributed by atoms with van der Waals surface area (Å²) in [5, 5.41) is 7.41. The SMILES string of the molecule is COc1cccc(NCCN2CCN(c3ccnn(C)c3=O)CC2)c1. The van der Waals surface area contributed by atoms with Crippen LogP contribution in [0.4, 0.5) is 11.4 Å². The lowest BCUT2D eigenvalue weighted by molar-refractivity contribution is 0.267. The maximum absolute atomic E-state index is 12.2. The fourth-order valence-electron chi connectivity index (χ4n) is 3.04. The number of hydrogen-bond donors (Lipinski definition) is 1. The van der Waals surface area contributed by atoms with Crippen LogP contribution in [-0.2, 0) is 7.05 Å². The number of rotatable bonds is 6. The summed E-state index contributed by atoms with van der Waals surface area (Å²) in [6.07, 6.45) is 1.68. The van der Waals surface area contributed by atoms with Gasteiger partial charge in [0, 0.05) is 64.3 Å². The highest BCUT2D eigenvalue weighted by atomic mass is 16.5. The average molecular weight is 343 g/mol. The summed E-state index contributed by atoms with van der Waals surface area (Å²) in [5.41, 5.74) is 1.78. The van der Waals surface area contributed by atoms with Crippen molar-refractivity contribution in [3.05, 3.63) is 46.9 Å². The van der Waals surface area contributed by atoms with Gasteiger partial charge in [-0.1, -0.05) is 6.07 Å². The molecule has 1 fully saturated rings. The Bertz CT molecular complexity index is 753. The molecule has 0 atom stereocenters. The van der Waals surface area contributed by atoms with Crippen LogP contribution < -0.4 is 20.5 Å². The quantitative estimate of drug-likeness (QED) is 0.845. The summed E-state index contributed by atoms with van der Waals surface area (Å²) in [7, 11) is 3.36. The molecule has 25 heavy (non-hydrogen) atoms. The van der Waals surface area contributed by atoms with Crippen LogP contribution in [0, 0.1) is 0 Å². The molecule has 0 radical (unpaired) electrons. The monoisotopic (exact) mass is 343 g/mol. The molecule has 0 spiro atoms. The molecule has 0 amide bonds. The number of methoxy groups -OCH3 is 1. The van der Waals surface area contributed by atoms with E-state index in [0.717, 1.165) is 56.4 Å². The Morgan fingerprint density at radius 2 is 2.00 bits per heavy atom. The number of aryl methyl sites for hydroxylation is 1. The van der Waals surface area contributed by atoms with E-state index in [9.17, 15) is 4.79 Å². The van der Waals surface area contributed by atoms with Gasteiger partial charge in [0.15, 0.2) is 0 Å². The molecule has 1 aliphatic heterocycles. The molecule has 3 rings (SSSR count). The Morgan fingerprint density at radius 1 is 1.20 bits per heavy atom. The summed E-state index contributed by atoms with van der Waals surface area (Å²) >= 11 is 0. The van der Waals surface area contributed by atoms with Crippen molar-refractivity contribution < 1.29 is 4.74 Å². The van der Waals surface area contributed by atoms with Crippen molar-refractivity contribution in [3.63, 3.8) is 0 Å². The lowest BCUT2D eigenvalue weighted by Gasteiger charge is -2.35. The highest BCUT2D eigenvalue weighted by Crippen LogP contribution is 2.16. The van der Waals surface area contributed by atoms with Gasteiger partial charge >= 0.3 is 0 Å². The topological polar surface area (TPSA) is 62.6 Å². The van der Waals surface area contributed by atoms with Crippen LogP contribution in [0.3, 0.4) is 0 Å². The van der Waals surface area contributed by atoms with E-state index in [1.807, 2.05) is 30.3 Å². The second-order valence-electron chi connectivity index (χ2n) is 6.13. The summed E-state index contributed by atoms with van der Waals surface area (Å²) < 4.78 is 6.62. The summed E-state index contributed by atoms with van der Waals surface area (Å²) in [4.78, 5) is 16.7. The van der Waals surface area contributed by atoms with E-state index in [0.29, 0.717) is 0 Å². The highest BCUT2D eigenvalue weighted by Gasteiger charge is 2.19. The van der Waals surface area contributed by atoms with E-state index >= 15 is 0 Å². The van der Waals surface area contributed by atoms with Crippen LogP contribution in [0.5, 0.6) is 5.75 Å². The second kappa shape index (κ2) is 8.02. The van der Waals surface area contributed by atoms with Crippen molar-refractivity contribution >= 4 is 11.4 Å². The molecule has 1 aliphatic rings. The number of anilines is 2. The smallest absolute Gasteiger partial charge is 0.290 e. The second-order valence-corrected chi connectivity index (χ2v) is 6.13. The molecule has 1 saturated heterocycles. The molecule has 7 heteroatoms. The predicted octanol–water partition coefficient (Wildman–Crippen LogP) is 1.02. The molecule has 0 bridgehead atoms. The molecule has 1 aromatic heterocycles. The highest BCUT2D eigenvalue weighted by molar-refractivity contribution is 5.48. The molecule has 1 aromatic carbocycles. The summed E-state index contributed by atoms with van der Waals surface area (Å²) in [6, 6.07) is 9.77. The number of hydrogen-bond acceptors (Lipinski definition) is 6. The van der Waals surface area contributed by atoms with Gasteiger partial charge in [-0.25, -0.2) is 4.68 Å². The van der Waals surface area contributed by atoms with Crippen LogP contribution in [0.1, 0.15) is 0 Å². The minimum absolute atomic E-state index is 0.0318. The number of ether oxygens (including phenoxy) is 1. The number of nitrogens with zero attached hydrogens (tertiary/aromatic N) is 4. The van der Waals surface area contributed by atoms with Crippen LogP contribution in [0.2, 0.25) is 0 Å². The van der Waals surface area contributed by atoms with Gasteiger partial charge in [-0.3, -0.25) is 9.69 Å². The van der Waals surface area contributed by atoms with Gasteiger partial charge < -0.3 is 15.0 Å². The Hall–Kier alpha value is -2.54. The lowest BCUT2D eigenvalue weighted by atomic mass is 10.2. The van der Waals surface area contributed by atoms with Gasteiger partial charge in [0.2, 0.25) is 0 Å². The lowest BCUT2D eigenvalue weighted by Crippen LogP contribution is -2.49. The van der Waals surface area contributed by atoms with Crippen LogP contribution in [0.25, 0.3) is 0 Å². The van der Waals surface area contributed by atoms with E-state index in [2.05, 4.69) is 20.2 Å². The molecular weight excluding hydrogens is 318 g/mol.